The van der Waals surface area contributed by atoms with E-state index in [1.165, 1.54) is 33.5 Å². The molecule has 0 saturated heterocycles. The maximum absolute atomic E-state index is 13.1. The van der Waals surface area contributed by atoms with Crippen LogP contribution in [0.2, 0.25) is 0 Å². The Morgan fingerprint density at radius 2 is 1.71 bits per heavy atom. The lowest BCUT2D eigenvalue weighted by atomic mass is 10.1. The van der Waals surface area contributed by atoms with Crippen molar-refractivity contribution in [2.24, 2.45) is 0 Å². The standard InChI is InChI=1S/C25H27N3O6/c1-32-20-13-17(25(31)34-3)19(14-21(20)33-2)27-23(29)15-9-10-16-18(12-15)26-22-8-6-4-5-7-11-28(22)24(16)30/h9-10,12-14H,4-8,11H2,1-3H3,(H,27,29). The summed E-state index contributed by atoms with van der Waals surface area (Å²) in [4.78, 5) is 43.2. The van der Waals surface area contributed by atoms with Crippen molar-refractivity contribution in [3.63, 3.8) is 0 Å². The van der Waals surface area contributed by atoms with E-state index in [4.69, 9.17) is 19.2 Å². The van der Waals surface area contributed by atoms with Crippen molar-refractivity contribution in [3.8, 4) is 11.5 Å². The zero-order chi connectivity index (χ0) is 24.2. The third-order valence-electron chi connectivity index (χ3n) is 6.01. The number of carbonyl (C=O) groups is 2. The first-order valence-corrected chi connectivity index (χ1v) is 11.2. The topological polar surface area (TPSA) is 109 Å². The zero-order valence-electron chi connectivity index (χ0n) is 19.5. The van der Waals surface area contributed by atoms with Crippen molar-refractivity contribution in [1.29, 1.82) is 0 Å². The van der Waals surface area contributed by atoms with Gasteiger partial charge in [-0.2, -0.15) is 0 Å². The van der Waals surface area contributed by atoms with Crippen LogP contribution in [0, 0.1) is 0 Å². The number of methoxy groups -OCH3 is 3. The van der Waals surface area contributed by atoms with E-state index in [-0.39, 0.29) is 16.8 Å². The molecule has 1 aliphatic rings. The van der Waals surface area contributed by atoms with Gasteiger partial charge in [-0.15, -0.1) is 0 Å². The molecule has 9 nitrogen and oxygen atoms in total. The van der Waals surface area contributed by atoms with Crippen molar-refractivity contribution in [2.75, 3.05) is 26.6 Å². The first-order valence-electron chi connectivity index (χ1n) is 11.2. The van der Waals surface area contributed by atoms with Crippen LogP contribution in [0.5, 0.6) is 11.5 Å². The Balaban J connectivity index is 1.71. The van der Waals surface area contributed by atoms with Gasteiger partial charge in [-0.1, -0.05) is 12.8 Å². The number of aromatic nitrogens is 2. The SMILES string of the molecule is COC(=O)c1cc(OC)c(OC)cc1NC(=O)c1ccc2c(=O)n3c(nc2c1)CCCCCC3. The highest BCUT2D eigenvalue weighted by atomic mass is 16.5. The number of amides is 1. The van der Waals surface area contributed by atoms with Gasteiger partial charge in [0.1, 0.15) is 5.82 Å². The molecule has 1 aliphatic heterocycles. The molecule has 1 amide bonds. The Bertz CT molecular complexity index is 1310. The second-order valence-corrected chi connectivity index (χ2v) is 8.08. The van der Waals surface area contributed by atoms with E-state index in [1.807, 2.05) is 0 Å². The number of benzene rings is 2. The van der Waals surface area contributed by atoms with Gasteiger partial charge < -0.3 is 19.5 Å². The summed E-state index contributed by atoms with van der Waals surface area (Å²) in [6, 6.07) is 7.75. The molecule has 34 heavy (non-hydrogen) atoms. The van der Waals surface area contributed by atoms with Crippen LogP contribution in [0.25, 0.3) is 10.9 Å². The van der Waals surface area contributed by atoms with Crippen LogP contribution < -0.4 is 20.3 Å². The summed E-state index contributed by atoms with van der Waals surface area (Å²) in [5.74, 6) is 0.323. The molecule has 0 unspecified atom stereocenters. The Morgan fingerprint density at radius 1 is 0.971 bits per heavy atom. The van der Waals surface area contributed by atoms with Gasteiger partial charge in [-0.05, 0) is 31.0 Å². The van der Waals surface area contributed by atoms with Crippen molar-refractivity contribution in [2.45, 2.75) is 38.6 Å². The molecule has 0 spiro atoms. The Kier molecular flexibility index (Phi) is 6.81. The summed E-state index contributed by atoms with van der Waals surface area (Å²) in [6.07, 6.45) is 4.88. The summed E-state index contributed by atoms with van der Waals surface area (Å²) < 4.78 is 17.2. The van der Waals surface area contributed by atoms with E-state index < -0.39 is 11.9 Å². The Hall–Kier alpha value is -3.88. The molecule has 2 aromatic carbocycles. The predicted octanol–water partition coefficient (Wildman–Crippen LogP) is 3.57. The second kappa shape index (κ2) is 9.94. The van der Waals surface area contributed by atoms with Crippen molar-refractivity contribution in [3.05, 3.63) is 57.6 Å². The normalized spacial score (nSPS) is 13.4. The molecule has 0 saturated carbocycles. The summed E-state index contributed by atoms with van der Waals surface area (Å²) in [5, 5.41) is 3.22. The van der Waals surface area contributed by atoms with E-state index in [2.05, 4.69) is 5.32 Å². The van der Waals surface area contributed by atoms with Crippen LogP contribution in [-0.2, 0) is 17.7 Å². The van der Waals surface area contributed by atoms with Crippen LogP contribution in [-0.4, -0.2) is 42.8 Å². The van der Waals surface area contributed by atoms with Gasteiger partial charge in [0.15, 0.2) is 11.5 Å². The van der Waals surface area contributed by atoms with Gasteiger partial charge in [-0.25, -0.2) is 9.78 Å². The third kappa shape index (κ3) is 4.46. The van der Waals surface area contributed by atoms with E-state index in [9.17, 15) is 14.4 Å². The average molecular weight is 466 g/mol. The minimum atomic E-state index is -0.636. The molecular formula is C25H27N3O6. The number of carbonyl (C=O) groups excluding carboxylic acids is 2. The van der Waals surface area contributed by atoms with E-state index >= 15 is 0 Å². The Labute approximate surface area is 196 Å². The van der Waals surface area contributed by atoms with Crippen LogP contribution in [0.4, 0.5) is 5.69 Å². The maximum atomic E-state index is 13.1. The molecule has 4 rings (SSSR count). The van der Waals surface area contributed by atoms with Gasteiger partial charge >= 0.3 is 5.97 Å². The number of anilines is 1. The molecule has 2 heterocycles. The first kappa shape index (κ1) is 23.3. The fourth-order valence-electron chi connectivity index (χ4n) is 4.19. The lowest BCUT2D eigenvalue weighted by molar-refractivity contribution is 0.0601. The molecule has 0 fully saturated rings. The second-order valence-electron chi connectivity index (χ2n) is 8.08. The molecule has 0 bridgehead atoms. The maximum Gasteiger partial charge on any atom is 0.340 e. The highest BCUT2D eigenvalue weighted by Crippen LogP contribution is 2.34. The zero-order valence-corrected chi connectivity index (χ0v) is 19.5. The third-order valence-corrected chi connectivity index (χ3v) is 6.01. The largest absolute Gasteiger partial charge is 0.493 e. The van der Waals surface area contributed by atoms with Crippen molar-refractivity contribution >= 4 is 28.5 Å². The van der Waals surface area contributed by atoms with E-state index in [1.54, 1.807) is 22.8 Å². The van der Waals surface area contributed by atoms with Crippen molar-refractivity contribution in [1.82, 2.24) is 9.55 Å². The summed E-state index contributed by atoms with van der Waals surface area (Å²) in [7, 11) is 4.16. The van der Waals surface area contributed by atoms with Crippen LogP contribution in [0.1, 0.15) is 52.2 Å². The first-order chi connectivity index (χ1) is 16.5. The fourth-order valence-corrected chi connectivity index (χ4v) is 4.19. The molecule has 3 aromatic rings. The molecular weight excluding hydrogens is 438 g/mol. The monoisotopic (exact) mass is 465 g/mol. The van der Waals surface area contributed by atoms with E-state index in [0.717, 1.165) is 37.9 Å². The van der Waals surface area contributed by atoms with Gasteiger partial charge in [0, 0.05) is 30.7 Å². The number of fused-ring (bicyclic) bond motifs is 2. The van der Waals surface area contributed by atoms with Gasteiger partial charge in [0.25, 0.3) is 11.5 Å². The molecule has 1 aromatic heterocycles. The highest BCUT2D eigenvalue weighted by molar-refractivity contribution is 6.09. The number of rotatable bonds is 5. The van der Waals surface area contributed by atoms with Crippen molar-refractivity contribution < 1.29 is 23.8 Å². The number of aryl methyl sites for hydroxylation is 1. The fraction of sp³-hybridized carbons (Fsp3) is 0.360. The van der Waals surface area contributed by atoms with E-state index in [0.29, 0.717) is 34.5 Å². The number of esters is 1. The van der Waals surface area contributed by atoms with Gasteiger partial charge in [0.05, 0.1) is 43.5 Å². The summed E-state index contributed by atoms with van der Waals surface area (Å²) in [5.41, 5.74) is 1.03. The minimum absolute atomic E-state index is 0.0817. The van der Waals surface area contributed by atoms with Crippen LogP contribution in [0.15, 0.2) is 35.1 Å². The van der Waals surface area contributed by atoms with Gasteiger partial charge in [-0.3, -0.25) is 14.2 Å². The highest BCUT2D eigenvalue weighted by Gasteiger charge is 2.20. The lowest BCUT2D eigenvalue weighted by Gasteiger charge is -2.17. The quantitative estimate of drug-likeness (QED) is 0.574. The summed E-state index contributed by atoms with van der Waals surface area (Å²) >= 11 is 0. The number of hydrogen-bond donors (Lipinski definition) is 1. The molecule has 0 aliphatic carbocycles. The van der Waals surface area contributed by atoms with Crippen LogP contribution in [0.3, 0.4) is 0 Å². The molecule has 0 atom stereocenters. The average Bonchev–Trinajstić information content (AvgIpc) is 2.84. The number of nitrogens with one attached hydrogen (secondary N) is 1. The predicted molar refractivity (Wildman–Crippen MR) is 127 cm³/mol. The molecule has 1 N–H and O–H groups in total. The smallest absolute Gasteiger partial charge is 0.340 e. The lowest BCUT2D eigenvalue weighted by Crippen LogP contribution is -2.26. The Morgan fingerprint density at radius 3 is 2.44 bits per heavy atom. The number of ether oxygens (including phenoxy) is 3. The number of hydrogen-bond acceptors (Lipinski definition) is 7. The minimum Gasteiger partial charge on any atom is -0.493 e. The number of nitrogens with zero attached hydrogens (tertiary/aromatic N) is 2. The van der Waals surface area contributed by atoms with Crippen LogP contribution >= 0.6 is 0 Å². The van der Waals surface area contributed by atoms with Gasteiger partial charge in [0.2, 0.25) is 0 Å². The molecule has 0 radical (unpaired) electrons. The summed E-state index contributed by atoms with van der Waals surface area (Å²) in [6.45, 7) is 0.662. The molecule has 9 heteroatoms. The molecule has 178 valence electrons.